The number of rotatable bonds is 30. The third-order valence-electron chi connectivity index (χ3n) is 15.3. The van der Waals surface area contributed by atoms with Gasteiger partial charge in [-0.1, -0.05) is 182 Å². The zero-order chi connectivity index (χ0) is 56.7. The molecule has 0 spiro atoms. The predicted octanol–water partition coefficient (Wildman–Crippen LogP) is 11.1. The monoisotopic (exact) mass is 1070 g/mol. The van der Waals surface area contributed by atoms with Crippen molar-refractivity contribution in [3.8, 4) is 0 Å². The van der Waals surface area contributed by atoms with Crippen LogP contribution in [-0.4, -0.2) is 99.2 Å². The summed E-state index contributed by atoms with van der Waals surface area (Å²) in [7, 11) is 0. The van der Waals surface area contributed by atoms with Crippen molar-refractivity contribution < 1.29 is 28.8 Å². The molecule has 0 aliphatic rings. The molecule has 6 aromatic carbocycles. The van der Waals surface area contributed by atoms with E-state index in [0.29, 0.717) is 6.54 Å². The maximum Gasteiger partial charge on any atom is 0.224 e. The minimum atomic E-state index is -0.515. The lowest BCUT2D eigenvalue weighted by atomic mass is 10.0. The minimum Gasteiger partial charge on any atom is -0.370 e. The number of benzene rings is 6. The van der Waals surface area contributed by atoms with E-state index in [-0.39, 0.29) is 119 Å². The van der Waals surface area contributed by atoms with Crippen LogP contribution in [0.3, 0.4) is 0 Å². The summed E-state index contributed by atoms with van der Waals surface area (Å²) in [5.74, 6) is -1.46. The first kappa shape index (κ1) is 60.3. The molecule has 6 aromatic rings. The number of hydrogen-bond donors (Lipinski definition) is 2. The third kappa shape index (κ3) is 17.8. The molecule has 0 aliphatic carbocycles. The van der Waals surface area contributed by atoms with Gasteiger partial charge in [-0.25, -0.2) is 0 Å². The Morgan fingerprint density at radius 3 is 0.747 bits per heavy atom. The predicted molar refractivity (Wildman–Crippen MR) is 313 cm³/mol. The molecule has 416 valence electrons. The van der Waals surface area contributed by atoms with Crippen LogP contribution in [0.4, 0.5) is 0 Å². The van der Waals surface area contributed by atoms with Crippen LogP contribution >= 0.6 is 0 Å². The summed E-state index contributed by atoms with van der Waals surface area (Å²) in [6.45, 7) is 12.9. The van der Waals surface area contributed by atoms with Gasteiger partial charge in [0.15, 0.2) is 0 Å². The van der Waals surface area contributed by atoms with E-state index in [2.05, 4.69) is 24.4 Å². The van der Waals surface area contributed by atoms with Gasteiger partial charge in [-0.2, -0.15) is 0 Å². The highest BCUT2D eigenvalue weighted by Crippen LogP contribution is 2.29. The lowest BCUT2D eigenvalue weighted by Gasteiger charge is -2.35. The Balaban J connectivity index is 1.21. The van der Waals surface area contributed by atoms with Gasteiger partial charge in [-0.3, -0.25) is 28.8 Å². The van der Waals surface area contributed by atoms with E-state index in [1.54, 1.807) is 24.5 Å². The highest BCUT2D eigenvalue weighted by atomic mass is 16.2. The van der Waals surface area contributed by atoms with Crippen LogP contribution < -0.4 is 11.1 Å². The van der Waals surface area contributed by atoms with Gasteiger partial charge in [-0.15, -0.1) is 0 Å². The second-order valence-corrected chi connectivity index (χ2v) is 20.4. The standard InChI is InChI=1S/C66H81N7O6/c1-49(55-25-13-7-14-26-55)68-43-37-62(75)70(51(3)57-29-17-9-18-30-57)45-39-64(77)72(53(5)59-33-21-11-22-34-59)47-41-66(79)73(54(6)60-35-23-12-24-36-60)48-42-65(78)71(52(4)58-31-19-10-20-32-58)46-40-63(76)69(44-38-61(67)74)50(2)56-27-15-8-16-28-56/h7-36,49-54,68H,37-48H2,1-6H3,(H2,67,74)/t49-,50-,51-,52-,53-,54-/m1/s1. The van der Waals surface area contributed by atoms with Gasteiger partial charge in [0.2, 0.25) is 35.4 Å². The topological polar surface area (TPSA) is 157 Å². The Bertz CT molecular complexity index is 2830. The summed E-state index contributed by atoms with van der Waals surface area (Å²) in [4.78, 5) is 93.5. The number of nitrogens with zero attached hydrogens (tertiary/aromatic N) is 5. The van der Waals surface area contributed by atoms with Crippen molar-refractivity contribution in [3.05, 3.63) is 215 Å². The Kier molecular flexibility index (Phi) is 23.6. The normalized spacial score (nSPS) is 13.4. The summed E-state index contributed by atoms with van der Waals surface area (Å²) in [6, 6.07) is 56.7. The number of nitrogens with one attached hydrogen (secondary N) is 1. The smallest absolute Gasteiger partial charge is 0.224 e. The van der Waals surface area contributed by atoms with E-state index in [9.17, 15) is 28.8 Å². The molecule has 13 nitrogen and oxygen atoms in total. The molecular weight excluding hydrogens is 987 g/mol. The average molecular weight is 1070 g/mol. The SMILES string of the molecule is C[C@H](c1ccccc1)N(CCC(N)=O)C(=O)CCN(C(=O)CCN(C(=O)CCN(C(=O)CCN(C(=O)CCN[C@H](C)c1ccccc1)[C@H](C)c1ccccc1)[C@H](C)c1ccccc1)[C@H](C)c1ccccc1)[C@H](C)c1ccccc1. The first-order valence-electron chi connectivity index (χ1n) is 27.9. The molecule has 79 heavy (non-hydrogen) atoms. The van der Waals surface area contributed by atoms with Gasteiger partial charge in [0.1, 0.15) is 0 Å². The molecule has 0 saturated carbocycles. The largest absolute Gasteiger partial charge is 0.370 e. The second-order valence-electron chi connectivity index (χ2n) is 20.4. The number of carbonyl (C=O) groups excluding carboxylic acids is 6. The Morgan fingerprint density at radius 2 is 0.519 bits per heavy atom. The molecule has 0 aromatic heterocycles. The molecule has 6 rings (SSSR count). The van der Waals surface area contributed by atoms with Gasteiger partial charge in [0.25, 0.3) is 0 Å². The van der Waals surface area contributed by atoms with Crippen LogP contribution in [0.2, 0.25) is 0 Å². The molecule has 3 N–H and O–H groups in total. The maximum atomic E-state index is 14.9. The van der Waals surface area contributed by atoms with Gasteiger partial charge in [0.05, 0.1) is 30.2 Å². The Hall–Kier alpha value is -7.90. The van der Waals surface area contributed by atoms with Gasteiger partial charge in [-0.05, 0) is 74.9 Å². The maximum absolute atomic E-state index is 14.9. The van der Waals surface area contributed by atoms with Crippen molar-refractivity contribution in [2.45, 2.75) is 116 Å². The second kappa shape index (κ2) is 30.9. The van der Waals surface area contributed by atoms with Gasteiger partial charge >= 0.3 is 0 Å². The molecule has 6 amide bonds. The number of carbonyl (C=O) groups is 6. The van der Waals surface area contributed by atoms with Crippen molar-refractivity contribution in [2.24, 2.45) is 5.73 Å². The van der Waals surface area contributed by atoms with Gasteiger partial charge < -0.3 is 35.6 Å². The summed E-state index contributed by atoms with van der Waals surface area (Å²) < 4.78 is 0. The van der Waals surface area contributed by atoms with Gasteiger partial charge in [0, 0.05) is 83.8 Å². The van der Waals surface area contributed by atoms with E-state index < -0.39 is 24.0 Å². The fourth-order valence-electron chi connectivity index (χ4n) is 10.3. The van der Waals surface area contributed by atoms with Crippen LogP contribution in [0.5, 0.6) is 0 Å². The highest BCUT2D eigenvalue weighted by molar-refractivity contribution is 5.83. The van der Waals surface area contributed by atoms with E-state index in [1.807, 2.05) is 204 Å². The number of amides is 6. The Labute approximate surface area is 468 Å². The number of hydrogen-bond acceptors (Lipinski definition) is 7. The van der Waals surface area contributed by atoms with E-state index in [0.717, 1.165) is 33.4 Å². The fraction of sp³-hybridized carbons (Fsp3) is 0.364. The van der Waals surface area contributed by atoms with Crippen LogP contribution in [-0.2, 0) is 28.8 Å². The quantitative estimate of drug-likeness (QED) is 0.0455. The van der Waals surface area contributed by atoms with Crippen LogP contribution in [0.1, 0.15) is 150 Å². The van der Waals surface area contributed by atoms with Crippen LogP contribution in [0.25, 0.3) is 0 Å². The zero-order valence-corrected chi connectivity index (χ0v) is 47.0. The van der Waals surface area contributed by atoms with Crippen LogP contribution in [0, 0.1) is 0 Å². The van der Waals surface area contributed by atoms with Crippen molar-refractivity contribution in [3.63, 3.8) is 0 Å². The highest BCUT2D eigenvalue weighted by Gasteiger charge is 2.31. The fourth-order valence-corrected chi connectivity index (χ4v) is 10.3. The summed E-state index contributed by atoms with van der Waals surface area (Å²) in [6.07, 6.45) is 0.203. The van der Waals surface area contributed by atoms with Crippen molar-refractivity contribution in [1.82, 2.24) is 29.8 Å². The lowest BCUT2D eigenvalue weighted by molar-refractivity contribution is -0.138. The molecule has 0 unspecified atom stereocenters. The minimum absolute atomic E-state index is 0.00599. The molecule has 0 radical (unpaired) electrons. The lowest BCUT2D eigenvalue weighted by Crippen LogP contribution is -2.43. The van der Waals surface area contributed by atoms with Crippen molar-refractivity contribution >= 4 is 35.4 Å². The summed E-state index contributed by atoms with van der Waals surface area (Å²) in [5.41, 5.74) is 11.3. The van der Waals surface area contributed by atoms with E-state index in [1.165, 1.54) is 0 Å². The average Bonchev–Trinajstić information content (AvgIpc) is 3.49. The Morgan fingerprint density at radius 1 is 0.316 bits per heavy atom. The number of nitrogens with two attached hydrogens (primary N) is 1. The molecule has 0 aliphatic heterocycles. The molecule has 0 heterocycles. The molecule has 0 saturated heterocycles. The van der Waals surface area contributed by atoms with E-state index >= 15 is 0 Å². The molecule has 0 bridgehead atoms. The van der Waals surface area contributed by atoms with E-state index in [4.69, 9.17) is 5.73 Å². The first-order valence-corrected chi connectivity index (χ1v) is 27.9. The molecule has 13 heteroatoms. The van der Waals surface area contributed by atoms with Crippen molar-refractivity contribution in [1.29, 1.82) is 0 Å². The summed E-state index contributed by atoms with van der Waals surface area (Å²) in [5, 5.41) is 3.49. The first-order chi connectivity index (χ1) is 38.1. The third-order valence-corrected chi connectivity index (χ3v) is 15.3. The zero-order valence-electron chi connectivity index (χ0n) is 47.0. The molecule has 6 atom stereocenters. The number of primary amides is 1. The molecular formula is C66H81N7O6. The summed E-state index contributed by atoms with van der Waals surface area (Å²) >= 11 is 0. The molecule has 0 fully saturated rings. The van der Waals surface area contributed by atoms with Crippen molar-refractivity contribution in [2.75, 3.05) is 39.3 Å². The van der Waals surface area contributed by atoms with Crippen LogP contribution in [0.15, 0.2) is 182 Å².